The highest BCUT2D eigenvalue weighted by Crippen LogP contribution is 2.48. The van der Waals surface area contributed by atoms with Gasteiger partial charge in [0.05, 0.1) is 6.10 Å². The van der Waals surface area contributed by atoms with Crippen molar-refractivity contribution in [2.24, 2.45) is 0 Å². The molecule has 0 saturated carbocycles. The van der Waals surface area contributed by atoms with E-state index in [0.717, 1.165) is 5.56 Å². The number of benzene rings is 1. The van der Waals surface area contributed by atoms with Crippen molar-refractivity contribution >= 4 is 29.5 Å². The third kappa shape index (κ3) is 4.33. The normalized spacial score (nSPS) is 21.4. The molecule has 8 heteroatoms. The number of nitrogens with zero attached hydrogens (tertiary/aromatic N) is 1. The Balaban J connectivity index is 1.50. The molecule has 28 heavy (non-hydrogen) atoms. The topological polar surface area (TPSA) is 87.7 Å². The van der Waals surface area contributed by atoms with Crippen LogP contribution >= 0.6 is 11.8 Å². The van der Waals surface area contributed by atoms with Crippen LogP contribution in [0.25, 0.3) is 0 Å². The fourth-order valence-electron chi connectivity index (χ4n) is 3.37. The van der Waals surface area contributed by atoms with Gasteiger partial charge < -0.3 is 20.3 Å². The van der Waals surface area contributed by atoms with E-state index in [1.54, 1.807) is 29.7 Å². The molecule has 7 nitrogen and oxygen atoms in total. The Labute approximate surface area is 169 Å². The average Bonchev–Trinajstić information content (AvgIpc) is 3.21. The quantitative estimate of drug-likeness (QED) is 0.643. The van der Waals surface area contributed by atoms with Crippen LogP contribution in [-0.4, -0.2) is 59.7 Å². The van der Waals surface area contributed by atoms with Gasteiger partial charge in [0.2, 0.25) is 11.8 Å². The van der Waals surface area contributed by atoms with Gasteiger partial charge in [-0.15, -0.1) is 11.8 Å². The molecule has 3 amide bonds. The van der Waals surface area contributed by atoms with Crippen LogP contribution in [0, 0.1) is 0 Å². The third-order valence-electron chi connectivity index (χ3n) is 4.82. The smallest absolute Gasteiger partial charge is 0.256 e. The van der Waals surface area contributed by atoms with Crippen molar-refractivity contribution in [3.05, 3.63) is 35.4 Å². The summed E-state index contributed by atoms with van der Waals surface area (Å²) in [6, 6.07) is 6.24. The molecule has 3 rings (SSSR count). The fourth-order valence-corrected chi connectivity index (χ4v) is 4.84. The number of thioether (sulfide) groups is 1. The molecule has 0 radical (unpaired) electrons. The van der Waals surface area contributed by atoms with Gasteiger partial charge in [0.25, 0.3) is 5.91 Å². The summed E-state index contributed by atoms with van der Waals surface area (Å²) >= 11 is 1.58. The van der Waals surface area contributed by atoms with Gasteiger partial charge in [0.15, 0.2) is 0 Å². The third-order valence-corrected chi connectivity index (χ3v) is 6.12. The van der Waals surface area contributed by atoms with Crippen LogP contribution in [0.3, 0.4) is 0 Å². The summed E-state index contributed by atoms with van der Waals surface area (Å²) in [5.74, 6) is -0.122. The van der Waals surface area contributed by atoms with Gasteiger partial charge in [-0.25, -0.2) is 0 Å². The summed E-state index contributed by atoms with van der Waals surface area (Å²) in [5.41, 5.74) is 1.62. The van der Waals surface area contributed by atoms with E-state index in [9.17, 15) is 14.4 Å². The Morgan fingerprint density at radius 3 is 2.79 bits per heavy atom. The monoisotopic (exact) mass is 405 g/mol. The molecule has 0 spiro atoms. The van der Waals surface area contributed by atoms with E-state index in [0.29, 0.717) is 30.9 Å². The summed E-state index contributed by atoms with van der Waals surface area (Å²) in [4.78, 5) is 39.3. The highest BCUT2D eigenvalue weighted by molar-refractivity contribution is 7.99. The standard InChI is InChI=1S/C20H27N3O4S/c1-12(2)27-10-6-9-21-17(24)13(3)22-18(25)16-11-28-20-15-8-5-4-7-14(15)19(26)23(16)20/h4-5,7-8,12-13,16,20H,6,9-11H2,1-3H3,(H,21,24)(H,22,25)/t13-,16-,20?/m0/s1. The van der Waals surface area contributed by atoms with Crippen molar-refractivity contribution in [3.8, 4) is 0 Å². The number of hydrogen-bond acceptors (Lipinski definition) is 5. The molecule has 2 aliphatic rings. The Morgan fingerprint density at radius 2 is 2.04 bits per heavy atom. The van der Waals surface area contributed by atoms with E-state index in [1.807, 2.05) is 32.0 Å². The molecule has 0 aliphatic carbocycles. The van der Waals surface area contributed by atoms with Gasteiger partial charge in [0.1, 0.15) is 17.5 Å². The average molecular weight is 406 g/mol. The first-order valence-electron chi connectivity index (χ1n) is 9.63. The van der Waals surface area contributed by atoms with Crippen molar-refractivity contribution in [1.29, 1.82) is 0 Å². The zero-order valence-corrected chi connectivity index (χ0v) is 17.3. The maximum atomic E-state index is 12.7. The number of rotatable bonds is 8. The van der Waals surface area contributed by atoms with Crippen molar-refractivity contribution in [2.75, 3.05) is 18.9 Å². The number of carbonyl (C=O) groups excluding carboxylic acids is 3. The van der Waals surface area contributed by atoms with Gasteiger partial charge >= 0.3 is 0 Å². The minimum atomic E-state index is -0.664. The Hall–Kier alpha value is -2.06. The maximum Gasteiger partial charge on any atom is 0.256 e. The molecular formula is C20H27N3O4S. The van der Waals surface area contributed by atoms with Crippen LogP contribution in [0.1, 0.15) is 48.5 Å². The Kier molecular flexibility index (Phi) is 6.61. The van der Waals surface area contributed by atoms with Crippen LogP contribution in [0.4, 0.5) is 0 Å². The van der Waals surface area contributed by atoms with E-state index >= 15 is 0 Å². The lowest BCUT2D eigenvalue weighted by Gasteiger charge is -2.24. The SMILES string of the molecule is CC(C)OCCCNC(=O)[C@H](C)NC(=O)[C@@H]1CSC2c3ccccc3C(=O)N21. The summed E-state index contributed by atoms with van der Waals surface area (Å²) in [6.07, 6.45) is 0.882. The van der Waals surface area contributed by atoms with Crippen molar-refractivity contribution in [1.82, 2.24) is 15.5 Å². The number of amides is 3. The molecule has 152 valence electrons. The number of hydrogen-bond donors (Lipinski definition) is 2. The predicted octanol–water partition coefficient (Wildman–Crippen LogP) is 1.69. The Morgan fingerprint density at radius 1 is 1.29 bits per heavy atom. The molecule has 0 bridgehead atoms. The number of carbonyl (C=O) groups is 3. The minimum absolute atomic E-state index is 0.118. The molecule has 0 aromatic heterocycles. The van der Waals surface area contributed by atoms with Crippen LogP contribution in [0.15, 0.2) is 24.3 Å². The fraction of sp³-hybridized carbons (Fsp3) is 0.550. The molecule has 1 saturated heterocycles. The lowest BCUT2D eigenvalue weighted by molar-refractivity contribution is -0.130. The van der Waals surface area contributed by atoms with Crippen molar-refractivity contribution in [3.63, 3.8) is 0 Å². The van der Waals surface area contributed by atoms with Crippen LogP contribution < -0.4 is 10.6 Å². The molecule has 1 unspecified atom stereocenters. The maximum absolute atomic E-state index is 12.7. The Bertz CT molecular complexity index is 755. The molecule has 2 aliphatic heterocycles. The first kappa shape index (κ1) is 20.7. The summed E-state index contributed by atoms with van der Waals surface area (Å²) in [7, 11) is 0. The summed E-state index contributed by atoms with van der Waals surface area (Å²) in [6.45, 7) is 6.65. The second-order valence-corrected chi connectivity index (χ2v) is 8.41. The van der Waals surface area contributed by atoms with Gasteiger partial charge in [-0.2, -0.15) is 0 Å². The number of ether oxygens (including phenoxy) is 1. The lowest BCUT2D eigenvalue weighted by atomic mass is 10.1. The highest BCUT2D eigenvalue weighted by Gasteiger charge is 2.48. The largest absolute Gasteiger partial charge is 0.379 e. The lowest BCUT2D eigenvalue weighted by Crippen LogP contribution is -2.52. The zero-order valence-electron chi connectivity index (χ0n) is 16.4. The molecular weight excluding hydrogens is 378 g/mol. The van der Waals surface area contributed by atoms with E-state index in [4.69, 9.17) is 4.74 Å². The molecule has 1 aromatic carbocycles. The first-order valence-corrected chi connectivity index (χ1v) is 10.7. The van der Waals surface area contributed by atoms with Crippen molar-refractivity contribution in [2.45, 2.75) is 50.8 Å². The predicted molar refractivity (Wildman–Crippen MR) is 108 cm³/mol. The number of nitrogens with one attached hydrogen (secondary N) is 2. The molecule has 3 atom stereocenters. The zero-order chi connectivity index (χ0) is 20.3. The van der Waals surface area contributed by atoms with Gasteiger partial charge in [-0.05, 0) is 38.8 Å². The molecule has 1 fully saturated rings. The second-order valence-electron chi connectivity index (χ2n) is 7.30. The van der Waals surface area contributed by atoms with Gasteiger partial charge in [-0.1, -0.05) is 18.2 Å². The summed E-state index contributed by atoms with van der Waals surface area (Å²) < 4.78 is 5.43. The molecule has 1 aromatic rings. The van der Waals surface area contributed by atoms with Gasteiger partial charge in [-0.3, -0.25) is 14.4 Å². The van der Waals surface area contributed by atoms with Crippen LogP contribution in [0.2, 0.25) is 0 Å². The molecule has 2 N–H and O–H groups in total. The first-order chi connectivity index (χ1) is 13.4. The van der Waals surface area contributed by atoms with E-state index < -0.39 is 12.1 Å². The van der Waals surface area contributed by atoms with Crippen molar-refractivity contribution < 1.29 is 19.1 Å². The van der Waals surface area contributed by atoms with Crippen LogP contribution in [0.5, 0.6) is 0 Å². The van der Waals surface area contributed by atoms with Crippen LogP contribution in [-0.2, 0) is 14.3 Å². The number of fused-ring (bicyclic) bond motifs is 3. The van der Waals surface area contributed by atoms with E-state index in [2.05, 4.69) is 10.6 Å². The second kappa shape index (κ2) is 8.96. The van der Waals surface area contributed by atoms with E-state index in [1.165, 1.54) is 0 Å². The highest BCUT2D eigenvalue weighted by atomic mass is 32.2. The summed E-state index contributed by atoms with van der Waals surface area (Å²) in [5, 5.41) is 5.43. The molecule has 2 heterocycles. The van der Waals surface area contributed by atoms with E-state index in [-0.39, 0.29) is 29.2 Å². The van der Waals surface area contributed by atoms with Gasteiger partial charge in [0, 0.05) is 24.5 Å². The minimum Gasteiger partial charge on any atom is -0.379 e.